The van der Waals surface area contributed by atoms with Gasteiger partial charge in [0.2, 0.25) is 5.91 Å². The van der Waals surface area contributed by atoms with Crippen LogP contribution in [0.5, 0.6) is 0 Å². The van der Waals surface area contributed by atoms with E-state index in [9.17, 15) is 4.79 Å². The SMILES string of the molecule is Cc1ccc(NC(=O)[C@H](N)C(C)C)cc1C. The Morgan fingerprint density at radius 2 is 1.88 bits per heavy atom. The third-order valence-corrected chi connectivity index (χ3v) is 2.80. The zero-order valence-corrected chi connectivity index (χ0v) is 10.4. The van der Waals surface area contributed by atoms with E-state index in [0.717, 1.165) is 11.3 Å². The van der Waals surface area contributed by atoms with Gasteiger partial charge in [-0.3, -0.25) is 4.79 Å². The first-order valence-electron chi connectivity index (χ1n) is 5.55. The van der Waals surface area contributed by atoms with Gasteiger partial charge in [-0.25, -0.2) is 0 Å². The third kappa shape index (κ3) is 3.07. The molecule has 0 fully saturated rings. The van der Waals surface area contributed by atoms with Gasteiger partial charge >= 0.3 is 0 Å². The first-order valence-corrected chi connectivity index (χ1v) is 5.55. The Hall–Kier alpha value is -1.35. The van der Waals surface area contributed by atoms with Crippen LogP contribution in [0.1, 0.15) is 25.0 Å². The van der Waals surface area contributed by atoms with Crippen LogP contribution in [0.25, 0.3) is 0 Å². The number of amides is 1. The number of nitrogens with two attached hydrogens (primary N) is 1. The molecule has 0 aliphatic heterocycles. The summed E-state index contributed by atoms with van der Waals surface area (Å²) < 4.78 is 0. The van der Waals surface area contributed by atoms with Crippen LogP contribution in [0, 0.1) is 19.8 Å². The van der Waals surface area contributed by atoms with E-state index in [4.69, 9.17) is 5.73 Å². The summed E-state index contributed by atoms with van der Waals surface area (Å²) in [5.41, 5.74) is 8.95. The molecule has 0 aromatic heterocycles. The van der Waals surface area contributed by atoms with E-state index in [1.165, 1.54) is 5.56 Å². The maximum Gasteiger partial charge on any atom is 0.241 e. The monoisotopic (exact) mass is 220 g/mol. The summed E-state index contributed by atoms with van der Waals surface area (Å²) in [6.07, 6.45) is 0. The van der Waals surface area contributed by atoms with Gasteiger partial charge in [0, 0.05) is 5.69 Å². The Labute approximate surface area is 97.0 Å². The second kappa shape index (κ2) is 5.12. The lowest BCUT2D eigenvalue weighted by Crippen LogP contribution is -2.39. The highest BCUT2D eigenvalue weighted by Gasteiger charge is 2.17. The summed E-state index contributed by atoms with van der Waals surface area (Å²) in [6.45, 7) is 7.93. The number of benzene rings is 1. The normalized spacial score (nSPS) is 12.6. The standard InChI is InChI=1S/C13H20N2O/c1-8(2)12(14)13(16)15-11-6-5-9(3)10(4)7-11/h5-8,12H,14H2,1-4H3,(H,15,16)/t12-/m1/s1. The molecule has 3 N–H and O–H groups in total. The molecule has 0 aliphatic carbocycles. The molecule has 0 unspecified atom stereocenters. The van der Waals surface area contributed by atoms with Crippen molar-refractivity contribution in [2.45, 2.75) is 33.7 Å². The zero-order valence-electron chi connectivity index (χ0n) is 10.4. The Balaban J connectivity index is 2.74. The minimum atomic E-state index is -0.457. The number of rotatable bonds is 3. The van der Waals surface area contributed by atoms with Gasteiger partial charge < -0.3 is 11.1 Å². The van der Waals surface area contributed by atoms with Crippen molar-refractivity contribution in [1.82, 2.24) is 0 Å². The first kappa shape index (κ1) is 12.7. The average Bonchev–Trinajstić information content (AvgIpc) is 2.22. The number of aryl methyl sites for hydroxylation is 2. The largest absolute Gasteiger partial charge is 0.325 e. The highest BCUT2D eigenvalue weighted by molar-refractivity contribution is 5.94. The molecule has 1 aromatic carbocycles. The second-order valence-corrected chi connectivity index (χ2v) is 4.56. The Morgan fingerprint density at radius 3 is 2.38 bits per heavy atom. The van der Waals surface area contributed by atoms with Crippen molar-refractivity contribution in [3.63, 3.8) is 0 Å². The molecule has 0 bridgehead atoms. The summed E-state index contributed by atoms with van der Waals surface area (Å²) >= 11 is 0. The van der Waals surface area contributed by atoms with Crippen LogP contribution in [0.2, 0.25) is 0 Å². The predicted molar refractivity (Wildman–Crippen MR) is 67.4 cm³/mol. The molecule has 0 radical (unpaired) electrons. The molecular weight excluding hydrogens is 200 g/mol. The fourth-order valence-corrected chi connectivity index (χ4v) is 1.35. The zero-order chi connectivity index (χ0) is 12.3. The van der Waals surface area contributed by atoms with E-state index in [2.05, 4.69) is 5.32 Å². The van der Waals surface area contributed by atoms with Crippen LogP contribution >= 0.6 is 0 Å². The summed E-state index contributed by atoms with van der Waals surface area (Å²) in [4.78, 5) is 11.7. The fraction of sp³-hybridized carbons (Fsp3) is 0.462. The number of nitrogens with one attached hydrogen (secondary N) is 1. The van der Waals surface area contributed by atoms with Crippen LogP contribution in [0.15, 0.2) is 18.2 Å². The number of hydrogen-bond acceptors (Lipinski definition) is 2. The Kier molecular flexibility index (Phi) is 4.07. The molecule has 3 heteroatoms. The Bertz CT molecular complexity index is 386. The molecule has 0 aliphatic rings. The van der Waals surface area contributed by atoms with Crippen LogP contribution in [0.3, 0.4) is 0 Å². The van der Waals surface area contributed by atoms with E-state index < -0.39 is 6.04 Å². The summed E-state index contributed by atoms with van der Waals surface area (Å²) in [5.74, 6) is 0.0183. The molecule has 1 amide bonds. The molecule has 88 valence electrons. The minimum absolute atomic E-state index is 0.127. The Morgan fingerprint density at radius 1 is 1.25 bits per heavy atom. The lowest BCUT2D eigenvalue weighted by Gasteiger charge is -2.15. The quantitative estimate of drug-likeness (QED) is 0.820. The lowest BCUT2D eigenvalue weighted by atomic mass is 10.0. The molecular formula is C13H20N2O. The van der Waals surface area contributed by atoms with Crippen LogP contribution in [-0.2, 0) is 4.79 Å². The highest BCUT2D eigenvalue weighted by Crippen LogP contribution is 2.14. The van der Waals surface area contributed by atoms with Crippen molar-refractivity contribution in [1.29, 1.82) is 0 Å². The van der Waals surface area contributed by atoms with Crippen LogP contribution in [0.4, 0.5) is 5.69 Å². The van der Waals surface area contributed by atoms with E-state index in [1.54, 1.807) is 0 Å². The van der Waals surface area contributed by atoms with Crippen molar-refractivity contribution in [3.8, 4) is 0 Å². The molecule has 1 aromatic rings. The van der Waals surface area contributed by atoms with Crippen molar-refractivity contribution in [3.05, 3.63) is 29.3 Å². The summed E-state index contributed by atoms with van der Waals surface area (Å²) in [5, 5.41) is 2.83. The van der Waals surface area contributed by atoms with Gasteiger partial charge in [-0.05, 0) is 43.0 Å². The average molecular weight is 220 g/mol. The number of anilines is 1. The summed E-state index contributed by atoms with van der Waals surface area (Å²) in [7, 11) is 0. The van der Waals surface area contributed by atoms with Gasteiger partial charge in [0.05, 0.1) is 6.04 Å². The van der Waals surface area contributed by atoms with E-state index in [0.29, 0.717) is 0 Å². The van der Waals surface area contributed by atoms with Gasteiger partial charge in [-0.2, -0.15) is 0 Å². The predicted octanol–water partition coefficient (Wildman–Crippen LogP) is 2.23. The van der Waals surface area contributed by atoms with Crippen molar-refractivity contribution < 1.29 is 4.79 Å². The number of carbonyl (C=O) groups excluding carboxylic acids is 1. The molecule has 16 heavy (non-hydrogen) atoms. The van der Waals surface area contributed by atoms with Gasteiger partial charge in [-0.1, -0.05) is 19.9 Å². The van der Waals surface area contributed by atoms with Gasteiger partial charge in [0.1, 0.15) is 0 Å². The minimum Gasteiger partial charge on any atom is -0.325 e. The highest BCUT2D eigenvalue weighted by atomic mass is 16.2. The maximum absolute atomic E-state index is 11.7. The third-order valence-electron chi connectivity index (χ3n) is 2.80. The number of carbonyl (C=O) groups is 1. The van der Waals surface area contributed by atoms with E-state index >= 15 is 0 Å². The lowest BCUT2D eigenvalue weighted by molar-refractivity contribution is -0.118. The van der Waals surface area contributed by atoms with Crippen molar-refractivity contribution in [2.24, 2.45) is 11.7 Å². The topological polar surface area (TPSA) is 55.1 Å². The second-order valence-electron chi connectivity index (χ2n) is 4.56. The van der Waals surface area contributed by atoms with E-state index in [1.807, 2.05) is 45.9 Å². The first-order chi connectivity index (χ1) is 7.41. The molecule has 3 nitrogen and oxygen atoms in total. The maximum atomic E-state index is 11.7. The summed E-state index contributed by atoms with van der Waals surface area (Å²) in [6, 6.07) is 5.39. The molecule has 1 atom stereocenters. The van der Waals surface area contributed by atoms with Crippen molar-refractivity contribution in [2.75, 3.05) is 5.32 Å². The van der Waals surface area contributed by atoms with Gasteiger partial charge in [0.25, 0.3) is 0 Å². The van der Waals surface area contributed by atoms with Gasteiger partial charge in [0.15, 0.2) is 0 Å². The smallest absolute Gasteiger partial charge is 0.241 e. The molecule has 0 saturated carbocycles. The van der Waals surface area contributed by atoms with Crippen molar-refractivity contribution >= 4 is 11.6 Å². The molecule has 1 rings (SSSR count). The van der Waals surface area contributed by atoms with Crippen LogP contribution in [-0.4, -0.2) is 11.9 Å². The fourth-order valence-electron chi connectivity index (χ4n) is 1.35. The molecule has 0 spiro atoms. The van der Waals surface area contributed by atoms with Crippen LogP contribution < -0.4 is 11.1 Å². The molecule has 0 saturated heterocycles. The number of hydrogen-bond donors (Lipinski definition) is 2. The van der Waals surface area contributed by atoms with E-state index in [-0.39, 0.29) is 11.8 Å². The van der Waals surface area contributed by atoms with Gasteiger partial charge in [-0.15, -0.1) is 0 Å². The molecule has 0 heterocycles.